The molecule has 28 heavy (non-hydrogen) atoms. The average molecular weight is 380 g/mol. The van der Waals surface area contributed by atoms with Crippen LogP contribution in [0.1, 0.15) is 24.0 Å². The number of carbonyl (C=O) groups is 2. The molecule has 148 valence electrons. The van der Waals surface area contributed by atoms with E-state index in [9.17, 15) is 9.59 Å². The molecule has 0 bridgehead atoms. The first kappa shape index (κ1) is 20.1. The van der Waals surface area contributed by atoms with Crippen molar-refractivity contribution in [3.63, 3.8) is 0 Å². The highest BCUT2D eigenvalue weighted by Gasteiger charge is 2.20. The summed E-state index contributed by atoms with van der Waals surface area (Å²) in [4.78, 5) is 28.6. The van der Waals surface area contributed by atoms with Gasteiger partial charge in [0.05, 0.1) is 0 Å². The lowest BCUT2D eigenvalue weighted by Crippen LogP contribution is -2.48. The molecule has 5 nitrogen and oxygen atoms in total. The Bertz CT molecular complexity index is 741. The molecule has 5 heteroatoms. The number of piperazine rings is 1. The second kappa shape index (κ2) is 10.6. The van der Waals surface area contributed by atoms with Crippen LogP contribution in [-0.4, -0.2) is 54.3 Å². The summed E-state index contributed by atoms with van der Waals surface area (Å²) < 4.78 is 0. The number of amides is 2. The number of hydrogen-bond acceptors (Lipinski definition) is 3. The minimum absolute atomic E-state index is 0.00401. The molecule has 0 aliphatic carbocycles. The van der Waals surface area contributed by atoms with E-state index in [1.54, 1.807) is 0 Å². The van der Waals surface area contributed by atoms with Crippen molar-refractivity contribution in [1.29, 1.82) is 0 Å². The van der Waals surface area contributed by atoms with Crippen LogP contribution in [0, 0.1) is 0 Å². The normalized spacial score (nSPS) is 14.6. The number of aryl methyl sites for hydroxylation is 1. The first-order valence-electron chi connectivity index (χ1n) is 10.1. The molecule has 0 unspecified atom stereocenters. The third kappa shape index (κ3) is 6.50. The van der Waals surface area contributed by atoms with E-state index in [4.69, 9.17) is 0 Å². The van der Waals surface area contributed by atoms with Crippen molar-refractivity contribution >= 4 is 11.8 Å². The monoisotopic (exact) mass is 379 g/mol. The van der Waals surface area contributed by atoms with Crippen LogP contribution in [0.3, 0.4) is 0 Å². The molecule has 0 saturated carbocycles. The summed E-state index contributed by atoms with van der Waals surface area (Å²) in [6.45, 7) is 4.65. The molecule has 1 heterocycles. The molecule has 0 radical (unpaired) electrons. The predicted molar refractivity (Wildman–Crippen MR) is 111 cm³/mol. The molecule has 2 aromatic carbocycles. The topological polar surface area (TPSA) is 52.7 Å². The van der Waals surface area contributed by atoms with E-state index in [1.165, 1.54) is 5.56 Å². The zero-order valence-corrected chi connectivity index (χ0v) is 16.3. The molecular formula is C23H29N3O2. The first-order chi connectivity index (χ1) is 13.7. The number of hydrogen-bond donors (Lipinski definition) is 1. The highest BCUT2D eigenvalue weighted by molar-refractivity contribution is 5.79. The van der Waals surface area contributed by atoms with Gasteiger partial charge in [-0.1, -0.05) is 60.7 Å². The SMILES string of the molecule is O=C(CCc1ccccc1)NCCC(=O)N1CCN(Cc2ccccc2)CC1. The lowest BCUT2D eigenvalue weighted by molar-refractivity contribution is -0.133. The van der Waals surface area contributed by atoms with Gasteiger partial charge in [0.15, 0.2) is 0 Å². The van der Waals surface area contributed by atoms with Crippen LogP contribution in [0.2, 0.25) is 0 Å². The van der Waals surface area contributed by atoms with Crippen LogP contribution >= 0.6 is 0 Å². The maximum atomic E-state index is 12.4. The van der Waals surface area contributed by atoms with Crippen LogP contribution in [0.5, 0.6) is 0 Å². The Balaban J connectivity index is 1.29. The lowest BCUT2D eigenvalue weighted by atomic mass is 10.1. The van der Waals surface area contributed by atoms with Gasteiger partial charge >= 0.3 is 0 Å². The van der Waals surface area contributed by atoms with Gasteiger partial charge in [0.1, 0.15) is 0 Å². The van der Waals surface area contributed by atoms with E-state index in [-0.39, 0.29) is 11.8 Å². The molecule has 1 aliphatic heterocycles. The van der Waals surface area contributed by atoms with E-state index in [2.05, 4.69) is 34.5 Å². The van der Waals surface area contributed by atoms with E-state index >= 15 is 0 Å². The van der Waals surface area contributed by atoms with Crippen molar-refractivity contribution in [1.82, 2.24) is 15.1 Å². The minimum Gasteiger partial charge on any atom is -0.356 e. The third-order valence-electron chi connectivity index (χ3n) is 5.12. The number of nitrogens with one attached hydrogen (secondary N) is 1. The summed E-state index contributed by atoms with van der Waals surface area (Å²) in [5, 5.41) is 2.87. The van der Waals surface area contributed by atoms with Crippen molar-refractivity contribution in [2.75, 3.05) is 32.7 Å². The van der Waals surface area contributed by atoms with Crippen LogP contribution in [0.25, 0.3) is 0 Å². The maximum absolute atomic E-state index is 12.4. The summed E-state index contributed by atoms with van der Waals surface area (Å²) in [5.74, 6) is 0.132. The van der Waals surface area contributed by atoms with Crippen molar-refractivity contribution in [3.05, 3.63) is 71.8 Å². The number of nitrogens with zero attached hydrogens (tertiary/aromatic N) is 2. The zero-order chi connectivity index (χ0) is 19.6. The Morgan fingerprint density at radius 1 is 0.786 bits per heavy atom. The van der Waals surface area contributed by atoms with Crippen molar-refractivity contribution in [2.45, 2.75) is 25.8 Å². The van der Waals surface area contributed by atoms with Gasteiger partial charge in [0, 0.05) is 52.1 Å². The molecule has 0 atom stereocenters. The lowest BCUT2D eigenvalue weighted by Gasteiger charge is -2.34. The zero-order valence-electron chi connectivity index (χ0n) is 16.3. The fraction of sp³-hybridized carbons (Fsp3) is 0.391. The number of benzene rings is 2. The fourth-order valence-corrected chi connectivity index (χ4v) is 3.45. The molecule has 1 aliphatic rings. The van der Waals surface area contributed by atoms with Crippen molar-refractivity contribution in [3.8, 4) is 0 Å². The van der Waals surface area contributed by atoms with Gasteiger partial charge in [-0.2, -0.15) is 0 Å². The molecule has 0 aromatic heterocycles. The average Bonchev–Trinajstić information content (AvgIpc) is 2.74. The molecule has 3 rings (SSSR count). The van der Waals surface area contributed by atoms with Crippen LogP contribution in [0.4, 0.5) is 0 Å². The van der Waals surface area contributed by atoms with Crippen molar-refractivity contribution < 1.29 is 9.59 Å². The molecule has 2 amide bonds. The smallest absolute Gasteiger partial charge is 0.224 e. The quantitative estimate of drug-likeness (QED) is 0.767. The fourth-order valence-electron chi connectivity index (χ4n) is 3.45. The minimum atomic E-state index is 0.00401. The van der Waals surface area contributed by atoms with Gasteiger partial charge in [-0.3, -0.25) is 14.5 Å². The molecule has 1 saturated heterocycles. The van der Waals surface area contributed by atoms with Gasteiger partial charge in [0.2, 0.25) is 11.8 Å². The molecule has 1 N–H and O–H groups in total. The highest BCUT2D eigenvalue weighted by atomic mass is 16.2. The largest absolute Gasteiger partial charge is 0.356 e. The summed E-state index contributed by atoms with van der Waals surface area (Å²) in [7, 11) is 0. The van der Waals surface area contributed by atoms with Gasteiger partial charge in [-0.05, 0) is 17.5 Å². The van der Waals surface area contributed by atoms with Gasteiger partial charge in [-0.15, -0.1) is 0 Å². The maximum Gasteiger partial charge on any atom is 0.224 e. The van der Waals surface area contributed by atoms with Gasteiger partial charge < -0.3 is 10.2 Å². The molecule has 2 aromatic rings. The Hall–Kier alpha value is -2.66. The molecular weight excluding hydrogens is 350 g/mol. The van der Waals surface area contributed by atoms with Crippen LogP contribution < -0.4 is 5.32 Å². The Morgan fingerprint density at radius 2 is 1.39 bits per heavy atom. The second-order valence-electron chi connectivity index (χ2n) is 7.23. The molecule has 0 spiro atoms. The van der Waals surface area contributed by atoms with E-state index in [0.29, 0.717) is 19.4 Å². The third-order valence-corrected chi connectivity index (χ3v) is 5.12. The standard InChI is InChI=1S/C23H29N3O2/c27-22(12-11-20-7-3-1-4-8-20)24-14-13-23(28)26-17-15-25(16-18-26)19-21-9-5-2-6-10-21/h1-10H,11-19H2,(H,24,27). The summed E-state index contributed by atoms with van der Waals surface area (Å²) >= 11 is 0. The van der Waals surface area contributed by atoms with Crippen molar-refractivity contribution in [2.24, 2.45) is 0 Å². The highest BCUT2D eigenvalue weighted by Crippen LogP contribution is 2.09. The first-order valence-corrected chi connectivity index (χ1v) is 10.1. The van der Waals surface area contributed by atoms with E-state index < -0.39 is 0 Å². The Morgan fingerprint density at radius 3 is 2.04 bits per heavy atom. The van der Waals surface area contributed by atoms with Crippen LogP contribution in [0.15, 0.2) is 60.7 Å². The summed E-state index contributed by atoms with van der Waals surface area (Å²) in [6.07, 6.45) is 1.55. The van der Waals surface area contributed by atoms with Crippen LogP contribution in [-0.2, 0) is 22.6 Å². The predicted octanol–water partition coefficient (Wildman–Crippen LogP) is 2.47. The molecule has 1 fully saturated rings. The van der Waals surface area contributed by atoms with E-state index in [0.717, 1.165) is 44.7 Å². The second-order valence-corrected chi connectivity index (χ2v) is 7.23. The van der Waals surface area contributed by atoms with Gasteiger partial charge in [0.25, 0.3) is 0 Å². The number of rotatable bonds is 8. The van der Waals surface area contributed by atoms with E-state index in [1.807, 2.05) is 41.3 Å². The summed E-state index contributed by atoms with van der Waals surface area (Å²) in [6, 6.07) is 20.4. The Kier molecular flexibility index (Phi) is 7.62. The Labute approximate surface area is 167 Å². The summed E-state index contributed by atoms with van der Waals surface area (Å²) in [5.41, 5.74) is 2.46. The number of carbonyl (C=O) groups excluding carboxylic acids is 2. The van der Waals surface area contributed by atoms with Gasteiger partial charge in [-0.25, -0.2) is 0 Å².